The minimum Gasteiger partial charge on any atom is -0.497 e. The highest BCUT2D eigenvalue weighted by Gasteiger charge is 2.38. The number of carbonyl (C=O) groups is 2. The van der Waals surface area contributed by atoms with Crippen molar-refractivity contribution < 1.29 is 28.5 Å². The molecule has 0 spiro atoms. The summed E-state index contributed by atoms with van der Waals surface area (Å²) in [6.45, 7) is 0.187. The van der Waals surface area contributed by atoms with Gasteiger partial charge < -0.3 is 24.7 Å². The van der Waals surface area contributed by atoms with Gasteiger partial charge in [-0.15, -0.1) is 6.42 Å². The van der Waals surface area contributed by atoms with E-state index in [4.69, 9.17) is 31.1 Å². The second-order valence-electron chi connectivity index (χ2n) is 9.60. The van der Waals surface area contributed by atoms with E-state index in [1.165, 1.54) is 0 Å². The maximum absolute atomic E-state index is 12.1. The molecule has 4 aromatic carbocycles. The fourth-order valence-electron chi connectivity index (χ4n) is 4.74. The van der Waals surface area contributed by atoms with Crippen LogP contribution in [0.1, 0.15) is 46.2 Å². The Morgan fingerprint density at radius 3 is 1.76 bits per heavy atom. The third-order valence-corrected chi connectivity index (χ3v) is 6.82. The second kappa shape index (κ2) is 14.0. The Labute approximate surface area is 246 Å². The summed E-state index contributed by atoms with van der Waals surface area (Å²) >= 11 is 0. The van der Waals surface area contributed by atoms with Crippen molar-refractivity contribution in [2.75, 3.05) is 14.2 Å². The molecule has 1 amide bonds. The summed E-state index contributed by atoms with van der Waals surface area (Å²) < 4.78 is 23.2. The van der Waals surface area contributed by atoms with Crippen molar-refractivity contribution in [3.05, 3.63) is 130 Å². The number of nitrogens with two attached hydrogens (primary N) is 1. The molecule has 2 N–H and O–H groups in total. The van der Waals surface area contributed by atoms with Crippen LogP contribution in [0.25, 0.3) is 0 Å². The SMILES string of the molecule is C#Cc1cc(COC(=O)CCC(N)=O)cc(COC(c2ccccc2)(c2ccc(OC)cc2)c2ccc(OC)cc2)c1. The standard InChI is InChI=1S/C35H33NO6/c1-4-25-20-26(23-41-34(38)19-18-33(36)37)22-27(21-25)24-42-35(28-8-6-5-7-9-28,29-10-14-31(39-2)15-11-29)30-12-16-32(40-3)17-13-30/h1,5-17,20-22H,18-19,23-24H2,2-3H3,(H2,36,37). The number of benzene rings is 4. The van der Waals surface area contributed by atoms with Gasteiger partial charge in [0.1, 0.15) is 23.7 Å². The van der Waals surface area contributed by atoms with Gasteiger partial charge in [-0.25, -0.2) is 0 Å². The van der Waals surface area contributed by atoms with Gasteiger partial charge in [0.05, 0.1) is 27.2 Å². The average molecular weight is 564 g/mol. The first-order chi connectivity index (χ1) is 20.4. The van der Waals surface area contributed by atoms with E-state index < -0.39 is 17.5 Å². The van der Waals surface area contributed by atoms with Crippen LogP contribution in [0, 0.1) is 12.3 Å². The van der Waals surface area contributed by atoms with Gasteiger partial charge >= 0.3 is 5.97 Å². The maximum Gasteiger partial charge on any atom is 0.306 e. The summed E-state index contributed by atoms with van der Waals surface area (Å²) in [6.07, 6.45) is 5.61. The average Bonchev–Trinajstić information content (AvgIpc) is 3.04. The molecule has 0 aliphatic rings. The smallest absolute Gasteiger partial charge is 0.306 e. The number of carbonyl (C=O) groups excluding carboxylic acids is 2. The van der Waals surface area contributed by atoms with Crippen molar-refractivity contribution in [1.82, 2.24) is 0 Å². The normalized spacial score (nSPS) is 10.9. The van der Waals surface area contributed by atoms with Crippen LogP contribution in [0.4, 0.5) is 0 Å². The lowest BCUT2D eigenvalue weighted by Gasteiger charge is -2.36. The van der Waals surface area contributed by atoms with Gasteiger partial charge in [-0.1, -0.05) is 60.5 Å². The van der Waals surface area contributed by atoms with Crippen molar-refractivity contribution in [2.24, 2.45) is 5.73 Å². The number of esters is 1. The van der Waals surface area contributed by atoms with Crippen molar-refractivity contribution in [1.29, 1.82) is 0 Å². The molecular formula is C35H33NO6. The minimum absolute atomic E-state index is 0.000896. The third-order valence-electron chi connectivity index (χ3n) is 6.82. The van der Waals surface area contributed by atoms with Crippen LogP contribution in [0.15, 0.2) is 97.1 Å². The zero-order valence-electron chi connectivity index (χ0n) is 23.7. The van der Waals surface area contributed by atoms with E-state index in [0.29, 0.717) is 11.1 Å². The van der Waals surface area contributed by atoms with E-state index in [0.717, 1.165) is 33.8 Å². The number of amides is 1. The molecule has 0 aliphatic heterocycles. The molecule has 0 unspecified atom stereocenters. The van der Waals surface area contributed by atoms with Gasteiger partial charge in [-0.2, -0.15) is 0 Å². The lowest BCUT2D eigenvalue weighted by molar-refractivity contribution is -0.146. The van der Waals surface area contributed by atoms with Gasteiger partial charge in [-0.3, -0.25) is 9.59 Å². The van der Waals surface area contributed by atoms with Crippen molar-refractivity contribution in [3.63, 3.8) is 0 Å². The van der Waals surface area contributed by atoms with Crippen LogP contribution in [0.3, 0.4) is 0 Å². The predicted molar refractivity (Wildman–Crippen MR) is 160 cm³/mol. The number of terminal acetylenes is 1. The van der Waals surface area contributed by atoms with E-state index in [1.54, 1.807) is 20.3 Å². The highest BCUT2D eigenvalue weighted by Crippen LogP contribution is 2.42. The summed E-state index contributed by atoms with van der Waals surface area (Å²) in [5, 5.41) is 0. The molecule has 0 aromatic heterocycles. The fraction of sp³-hybridized carbons (Fsp3) is 0.200. The van der Waals surface area contributed by atoms with E-state index in [-0.39, 0.29) is 26.1 Å². The monoisotopic (exact) mass is 563 g/mol. The Morgan fingerprint density at radius 1 is 0.738 bits per heavy atom. The minimum atomic E-state index is -1.01. The Hall–Kier alpha value is -5.06. The Morgan fingerprint density at radius 2 is 1.26 bits per heavy atom. The zero-order chi connectivity index (χ0) is 30.0. The summed E-state index contributed by atoms with van der Waals surface area (Å²) in [5.74, 6) is 3.05. The molecule has 0 bridgehead atoms. The number of rotatable bonds is 13. The van der Waals surface area contributed by atoms with Gasteiger partial charge in [0, 0.05) is 12.0 Å². The van der Waals surface area contributed by atoms with Crippen molar-refractivity contribution in [2.45, 2.75) is 31.7 Å². The number of hydrogen-bond acceptors (Lipinski definition) is 6. The molecule has 7 nitrogen and oxygen atoms in total. The van der Waals surface area contributed by atoms with E-state index >= 15 is 0 Å². The molecule has 0 aliphatic carbocycles. The maximum atomic E-state index is 12.1. The van der Waals surface area contributed by atoms with Crippen LogP contribution in [-0.4, -0.2) is 26.1 Å². The van der Waals surface area contributed by atoms with E-state index in [2.05, 4.69) is 5.92 Å². The molecule has 7 heteroatoms. The predicted octanol–water partition coefficient (Wildman–Crippen LogP) is 5.50. The number of hydrogen-bond donors (Lipinski definition) is 1. The number of primary amides is 1. The van der Waals surface area contributed by atoms with Crippen LogP contribution in [-0.2, 0) is 37.9 Å². The first kappa shape index (κ1) is 29.9. The fourth-order valence-corrected chi connectivity index (χ4v) is 4.74. The van der Waals surface area contributed by atoms with Gasteiger partial charge in [0.2, 0.25) is 5.91 Å². The lowest BCUT2D eigenvalue weighted by atomic mass is 9.80. The van der Waals surface area contributed by atoms with Crippen LogP contribution in [0.5, 0.6) is 11.5 Å². The Kier molecular flexibility index (Phi) is 9.99. The lowest BCUT2D eigenvalue weighted by Crippen LogP contribution is -2.32. The topological polar surface area (TPSA) is 97.1 Å². The summed E-state index contributed by atoms with van der Waals surface area (Å²) in [5.41, 5.74) is 8.98. The molecule has 214 valence electrons. The van der Waals surface area contributed by atoms with Crippen LogP contribution in [0.2, 0.25) is 0 Å². The van der Waals surface area contributed by atoms with Gasteiger partial charge in [0.15, 0.2) is 0 Å². The molecule has 0 fully saturated rings. The van der Waals surface area contributed by atoms with Crippen molar-refractivity contribution in [3.8, 4) is 23.8 Å². The first-order valence-electron chi connectivity index (χ1n) is 13.4. The van der Waals surface area contributed by atoms with Crippen molar-refractivity contribution >= 4 is 11.9 Å². The zero-order valence-corrected chi connectivity index (χ0v) is 23.7. The molecule has 0 radical (unpaired) electrons. The van der Waals surface area contributed by atoms with E-state index in [1.807, 2.05) is 91.0 Å². The second-order valence-corrected chi connectivity index (χ2v) is 9.60. The molecular weight excluding hydrogens is 530 g/mol. The summed E-state index contributed by atoms with van der Waals surface area (Å²) in [4.78, 5) is 23.1. The van der Waals surface area contributed by atoms with Gasteiger partial charge in [0.25, 0.3) is 0 Å². The third kappa shape index (κ3) is 7.17. The molecule has 42 heavy (non-hydrogen) atoms. The quantitative estimate of drug-likeness (QED) is 0.131. The first-order valence-corrected chi connectivity index (χ1v) is 13.4. The van der Waals surface area contributed by atoms with Gasteiger partial charge in [-0.05, 0) is 70.3 Å². The molecule has 4 rings (SSSR count). The highest BCUT2D eigenvalue weighted by molar-refractivity contribution is 5.79. The Bertz CT molecular complexity index is 1490. The summed E-state index contributed by atoms with van der Waals surface area (Å²) in [7, 11) is 3.26. The number of methoxy groups -OCH3 is 2. The largest absolute Gasteiger partial charge is 0.497 e. The Balaban J connectivity index is 1.73. The molecule has 4 aromatic rings. The summed E-state index contributed by atoms with van der Waals surface area (Å²) in [6, 6.07) is 31.1. The molecule has 0 heterocycles. The van der Waals surface area contributed by atoms with Crippen LogP contribution < -0.4 is 15.2 Å². The molecule has 0 atom stereocenters. The van der Waals surface area contributed by atoms with E-state index in [9.17, 15) is 9.59 Å². The molecule has 0 saturated carbocycles. The van der Waals surface area contributed by atoms with Crippen LogP contribution >= 0.6 is 0 Å². The number of ether oxygens (including phenoxy) is 4. The highest BCUT2D eigenvalue weighted by atomic mass is 16.5. The molecule has 0 saturated heterocycles.